The number of hydrogen-bond donors (Lipinski definition) is 0. The summed E-state index contributed by atoms with van der Waals surface area (Å²) in [6, 6.07) is 0. The van der Waals surface area contributed by atoms with Crippen molar-refractivity contribution in [2.45, 2.75) is 25.8 Å². The van der Waals surface area contributed by atoms with E-state index < -0.39 is 0 Å². The Morgan fingerprint density at radius 2 is 2.19 bits per heavy atom. The summed E-state index contributed by atoms with van der Waals surface area (Å²) in [6.45, 7) is 0.418. The van der Waals surface area contributed by atoms with Crippen LogP contribution in [0.5, 0.6) is 0 Å². The fourth-order valence-electron chi connectivity index (χ4n) is 1.98. The molecule has 0 saturated heterocycles. The minimum absolute atomic E-state index is 0.216. The first-order valence-electron chi connectivity index (χ1n) is 6.92. The first kappa shape index (κ1) is 15.1. The van der Waals surface area contributed by atoms with E-state index >= 15 is 0 Å². The molecule has 0 aliphatic rings. The largest absolute Gasteiger partial charge is 0.347 e. The third kappa shape index (κ3) is 4.62. The number of imidazole rings is 1. The van der Waals surface area contributed by atoms with Crippen molar-refractivity contribution < 1.29 is 9.36 Å². The van der Waals surface area contributed by atoms with Crippen molar-refractivity contribution in [2.24, 2.45) is 7.05 Å². The molecule has 21 heavy (non-hydrogen) atoms. The van der Waals surface area contributed by atoms with Gasteiger partial charge in [0, 0.05) is 26.9 Å². The average molecular weight is 289 g/mol. The SMILES string of the molecule is CN(C)c1ncnc(CCCC(=O)Cn2cc[n+](C)c2)n1. The van der Waals surface area contributed by atoms with Crippen molar-refractivity contribution in [1.82, 2.24) is 19.5 Å². The highest BCUT2D eigenvalue weighted by Crippen LogP contribution is 2.05. The van der Waals surface area contributed by atoms with Crippen LogP contribution in [-0.2, 0) is 24.8 Å². The smallest absolute Gasteiger partial charge is 0.243 e. The summed E-state index contributed by atoms with van der Waals surface area (Å²) < 4.78 is 3.80. The zero-order valence-corrected chi connectivity index (χ0v) is 12.7. The maximum Gasteiger partial charge on any atom is 0.243 e. The van der Waals surface area contributed by atoms with E-state index in [0.717, 1.165) is 12.2 Å². The predicted molar refractivity (Wildman–Crippen MR) is 77.7 cm³/mol. The summed E-state index contributed by atoms with van der Waals surface area (Å²) >= 11 is 0. The van der Waals surface area contributed by atoms with Gasteiger partial charge in [0.05, 0.1) is 7.05 Å². The summed E-state index contributed by atoms with van der Waals surface area (Å²) in [7, 11) is 5.71. The van der Waals surface area contributed by atoms with Crippen LogP contribution in [0, 0.1) is 0 Å². The summed E-state index contributed by atoms with van der Waals surface area (Å²) in [5, 5.41) is 0. The van der Waals surface area contributed by atoms with E-state index in [9.17, 15) is 4.79 Å². The first-order valence-corrected chi connectivity index (χ1v) is 6.92. The Kier molecular flexibility index (Phi) is 4.97. The van der Waals surface area contributed by atoms with Gasteiger partial charge in [-0.1, -0.05) is 0 Å². The molecule has 2 rings (SSSR count). The number of carbonyl (C=O) groups is 1. The third-order valence-electron chi connectivity index (χ3n) is 3.05. The summed E-state index contributed by atoms with van der Waals surface area (Å²) in [6.07, 6.45) is 9.20. The van der Waals surface area contributed by atoms with Crippen LogP contribution in [0.2, 0.25) is 0 Å². The second-order valence-electron chi connectivity index (χ2n) is 5.24. The van der Waals surface area contributed by atoms with Gasteiger partial charge in [-0.25, -0.2) is 19.1 Å². The molecule has 0 aliphatic carbocycles. The number of anilines is 1. The highest BCUT2D eigenvalue weighted by atomic mass is 16.1. The van der Waals surface area contributed by atoms with E-state index in [1.807, 2.05) is 53.9 Å². The molecule has 0 aromatic carbocycles. The van der Waals surface area contributed by atoms with Crippen molar-refractivity contribution in [3.63, 3.8) is 0 Å². The van der Waals surface area contributed by atoms with Crippen LogP contribution in [0.25, 0.3) is 0 Å². The molecular formula is C14H21N6O+. The number of carbonyl (C=O) groups excluding carboxylic acids is 1. The number of aromatic nitrogens is 5. The Morgan fingerprint density at radius 1 is 1.38 bits per heavy atom. The second-order valence-corrected chi connectivity index (χ2v) is 5.24. The van der Waals surface area contributed by atoms with E-state index in [-0.39, 0.29) is 5.78 Å². The molecule has 0 saturated carbocycles. The molecule has 0 fully saturated rings. The van der Waals surface area contributed by atoms with Gasteiger partial charge in [-0.2, -0.15) is 4.98 Å². The maximum atomic E-state index is 11.9. The quantitative estimate of drug-likeness (QED) is 0.679. The molecule has 2 aromatic heterocycles. The minimum atomic E-state index is 0.216. The summed E-state index contributed by atoms with van der Waals surface area (Å²) in [5.74, 6) is 1.59. The van der Waals surface area contributed by atoms with Crippen molar-refractivity contribution in [3.8, 4) is 0 Å². The number of rotatable bonds is 7. The van der Waals surface area contributed by atoms with E-state index in [4.69, 9.17) is 0 Å². The second kappa shape index (κ2) is 6.92. The molecule has 0 bridgehead atoms. The molecule has 0 amide bonds. The fraction of sp³-hybridized carbons (Fsp3) is 0.500. The number of nitrogens with zero attached hydrogens (tertiary/aromatic N) is 6. The number of hydrogen-bond acceptors (Lipinski definition) is 5. The van der Waals surface area contributed by atoms with Crippen molar-refractivity contribution in [1.29, 1.82) is 0 Å². The lowest BCUT2D eigenvalue weighted by molar-refractivity contribution is -0.671. The predicted octanol–water partition coefficient (Wildman–Crippen LogP) is 0.156. The van der Waals surface area contributed by atoms with Gasteiger partial charge < -0.3 is 4.90 Å². The molecule has 0 atom stereocenters. The highest BCUT2D eigenvalue weighted by Gasteiger charge is 2.09. The van der Waals surface area contributed by atoms with Crippen molar-refractivity contribution in [2.75, 3.05) is 19.0 Å². The van der Waals surface area contributed by atoms with Crippen LogP contribution >= 0.6 is 0 Å². The number of ketones is 1. The molecular weight excluding hydrogens is 268 g/mol. The lowest BCUT2D eigenvalue weighted by atomic mass is 10.1. The van der Waals surface area contributed by atoms with E-state index in [0.29, 0.717) is 25.3 Å². The van der Waals surface area contributed by atoms with Crippen LogP contribution in [0.1, 0.15) is 18.7 Å². The first-order chi connectivity index (χ1) is 10.0. The Morgan fingerprint density at radius 3 is 2.86 bits per heavy atom. The molecule has 0 unspecified atom stereocenters. The van der Waals surface area contributed by atoms with Crippen LogP contribution in [-0.4, -0.2) is 39.4 Å². The van der Waals surface area contributed by atoms with Gasteiger partial charge in [0.2, 0.25) is 12.3 Å². The Hall–Kier alpha value is -2.31. The standard InChI is InChI=1S/C14H21N6O/c1-18(2)14-16-10-15-13(17-14)6-4-5-12(21)9-20-8-7-19(3)11-20/h7-8,10-11H,4-6,9H2,1-3H3/q+1. The van der Waals surface area contributed by atoms with Crippen LogP contribution in [0.3, 0.4) is 0 Å². The minimum Gasteiger partial charge on any atom is -0.347 e. The molecule has 0 aliphatic heterocycles. The van der Waals surface area contributed by atoms with Gasteiger partial charge in [-0.3, -0.25) is 4.79 Å². The van der Waals surface area contributed by atoms with Gasteiger partial charge in [0.1, 0.15) is 31.1 Å². The van der Waals surface area contributed by atoms with Gasteiger partial charge >= 0.3 is 0 Å². The fourth-order valence-corrected chi connectivity index (χ4v) is 1.98. The van der Waals surface area contributed by atoms with Gasteiger partial charge in [-0.05, 0) is 6.42 Å². The van der Waals surface area contributed by atoms with E-state index in [2.05, 4.69) is 15.0 Å². The average Bonchev–Trinajstić information content (AvgIpc) is 2.84. The van der Waals surface area contributed by atoms with Crippen molar-refractivity contribution >= 4 is 11.7 Å². The maximum absolute atomic E-state index is 11.9. The Bertz CT molecular complexity index is 607. The lowest BCUT2D eigenvalue weighted by Gasteiger charge is -2.09. The molecule has 7 nitrogen and oxygen atoms in total. The molecule has 2 heterocycles. The number of Topliss-reactive ketones (excluding diaryl/α,β-unsaturated/α-hetero) is 1. The third-order valence-corrected chi connectivity index (χ3v) is 3.05. The van der Waals surface area contributed by atoms with Crippen LogP contribution in [0.15, 0.2) is 25.0 Å². The molecule has 0 spiro atoms. The van der Waals surface area contributed by atoms with Gasteiger partial charge in [0.25, 0.3) is 0 Å². The van der Waals surface area contributed by atoms with Crippen LogP contribution in [0.4, 0.5) is 5.95 Å². The van der Waals surface area contributed by atoms with Gasteiger partial charge in [-0.15, -0.1) is 0 Å². The lowest BCUT2D eigenvalue weighted by Crippen LogP contribution is -2.24. The molecule has 112 valence electrons. The molecule has 2 aromatic rings. The summed E-state index contributed by atoms with van der Waals surface area (Å²) in [5.41, 5.74) is 0. The zero-order chi connectivity index (χ0) is 15.2. The van der Waals surface area contributed by atoms with Crippen LogP contribution < -0.4 is 9.47 Å². The molecule has 0 radical (unpaired) electrons. The monoisotopic (exact) mass is 289 g/mol. The normalized spacial score (nSPS) is 10.6. The summed E-state index contributed by atoms with van der Waals surface area (Å²) in [4.78, 5) is 26.3. The van der Waals surface area contributed by atoms with E-state index in [1.54, 1.807) is 0 Å². The van der Waals surface area contributed by atoms with Crippen molar-refractivity contribution in [3.05, 3.63) is 30.9 Å². The topological polar surface area (TPSA) is 67.8 Å². The Labute approximate surface area is 124 Å². The molecule has 0 N–H and O–H groups in total. The number of aryl methyl sites for hydroxylation is 2. The zero-order valence-electron chi connectivity index (χ0n) is 12.7. The van der Waals surface area contributed by atoms with Gasteiger partial charge in [0.15, 0.2) is 5.78 Å². The Balaban J connectivity index is 1.78. The highest BCUT2D eigenvalue weighted by molar-refractivity contribution is 5.78. The molecule has 7 heteroatoms. The van der Waals surface area contributed by atoms with E-state index in [1.165, 1.54) is 6.33 Å².